The molecule has 0 aliphatic carbocycles. The predicted octanol–water partition coefficient (Wildman–Crippen LogP) is 4.25. The molecule has 0 unspecified atom stereocenters. The van der Waals surface area contributed by atoms with Gasteiger partial charge in [0.05, 0.1) is 32.2 Å². The second-order valence-corrected chi connectivity index (χ2v) is 8.32. The van der Waals surface area contributed by atoms with Gasteiger partial charge in [-0.15, -0.1) is 0 Å². The molecule has 9 heteroatoms. The quantitative estimate of drug-likeness (QED) is 0.407. The number of carbonyl (C=O) groups excluding carboxylic acids is 1. The highest BCUT2D eigenvalue weighted by Crippen LogP contribution is 2.30. The minimum absolute atomic E-state index is 0.0851. The Morgan fingerprint density at radius 3 is 2.41 bits per heavy atom. The van der Waals surface area contributed by atoms with Crippen LogP contribution in [0, 0.1) is 0 Å². The Labute approximate surface area is 213 Å². The Balaban J connectivity index is 1.50. The lowest BCUT2D eigenvalue weighted by Gasteiger charge is -2.27. The van der Waals surface area contributed by atoms with Gasteiger partial charge in [-0.2, -0.15) is 9.78 Å². The van der Waals surface area contributed by atoms with Crippen molar-refractivity contribution in [1.82, 2.24) is 14.7 Å². The van der Waals surface area contributed by atoms with Gasteiger partial charge in [-0.05, 0) is 54.6 Å². The molecule has 3 aromatic carbocycles. The third-order valence-electron chi connectivity index (χ3n) is 5.91. The number of hydrogen-bond donors (Lipinski definition) is 1. The summed E-state index contributed by atoms with van der Waals surface area (Å²) in [5.74, 6) is 1.36. The highest BCUT2D eigenvalue weighted by atomic mass is 16.5. The first-order valence-electron chi connectivity index (χ1n) is 11.9. The summed E-state index contributed by atoms with van der Waals surface area (Å²) in [5.41, 5.74) is 1.49. The van der Waals surface area contributed by atoms with E-state index < -0.39 is 5.56 Å². The number of anilines is 2. The Bertz CT molecular complexity index is 1430. The second-order valence-electron chi connectivity index (χ2n) is 8.32. The fourth-order valence-electron chi connectivity index (χ4n) is 3.98. The zero-order valence-corrected chi connectivity index (χ0v) is 20.3. The van der Waals surface area contributed by atoms with Crippen LogP contribution in [0.2, 0.25) is 0 Å². The predicted molar refractivity (Wildman–Crippen MR) is 139 cm³/mol. The normalized spacial score (nSPS) is 13.2. The topological polar surface area (TPSA) is 94.9 Å². The summed E-state index contributed by atoms with van der Waals surface area (Å²) < 4.78 is 17.9. The number of hydrogen-bond acceptors (Lipinski definition) is 7. The van der Waals surface area contributed by atoms with Gasteiger partial charge in [-0.1, -0.05) is 24.3 Å². The average Bonchev–Trinajstić information content (AvgIpc) is 2.96. The van der Waals surface area contributed by atoms with Crippen LogP contribution in [0.15, 0.2) is 89.9 Å². The van der Waals surface area contributed by atoms with Gasteiger partial charge in [-0.3, -0.25) is 9.59 Å². The number of nitrogens with one attached hydrogen (secondary N) is 1. The van der Waals surface area contributed by atoms with E-state index in [1.807, 2.05) is 18.2 Å². The minimum atomic E-state index is -0.401. The first kappa shape index (κ1) is 24.1. The number of carbonyl (C=O) groups is 1. The van der Waals surface area contributed by atoms with E-state index >= 15 is 0 Å². The molecule has 188 valence electrons. The van der Waals surface area contributed by atoms with Crippen molar-refractivity contribution < 1.29 is 19.0 Å². The highest BCUT2D eigenvalue weighted by Gasteiger charge is 2.20. The van der Waals surface area contributed by atoms with Crippen LogP contribution in [0.5, 0.6) is 17.2 Å². The summed E-state index contributed by atoms with van der Waals surface area (Å²) in [6.45, 7) is 2.13. The summed E-state index contributed by atoms with van der Waals surface area (Å²) in [4.78, 5) is 28.4. The number of nitrogens with zero attached hydrogens (tertiary/aromatic N) is 3. The number of benzene rings is 3. The third kappa shape index (κ3) is 5.46. The first-order chi connectivity index (χ1) is 18.1. The molecule has 1 amide bonds. The van der Waals surface area contributed by atoms with Gasteiger partial charge in [0, 0.05) is 24.3 Å². The Hall–Kier alpha value is -4.63. The molecule has 37 heavy (non-hydrogen) atoms. The number of para-hydroxylation sites is 1. The summed E-state index contributed by atoms with van der Waals surface area (Å²) in [6.07, 6.45) is 1.49. The van der Waals surface area contributed by atoms with E-state index in [1.54, 1.807) is 72.7 Å². The third-order valence-corrected chi connectivity index (χ3v) is 5.91. The number of amides is 1. The molecule has 1 aromatic heterocycles. The number of ether oxygens (including phenoxy) is 3. The first-order valence-corrected chi connectivity index (χ1v) is 11.9. The fourth-order valence-corrected chi connectivity index (χ4v) is 3.98. The van der Waals surface area contributed by atoms with Crippen molar-refractivity contribution in [1.29, 1.82) is 0 Å². The van der Waals surface area contributed by atoms with Gasteiger partial charge in [0.15, 0.2) is 11.4 Å². The molecule has 1 fully saturated rings. The van der Waals surface area contributed by atoms with E-state index in [0.29, 0.717) is 54.7 Å². The number of methoxy groups -OCH3 is 1. The van der Waals surface area contributed by atoms with Crippen molar-refractivity contribution in [3.05, 3.63) is 101 Å². The molecule has 5 rings (SSSR count). The van der Waals surface area contributed by atoms with Crippen LogP contribution in [0.3, 0.4) is 0 Å². The molecule has 9 nitrogen and oxygen atoms in total. The van der Waals surface area contributed by atoms with Gasteiger partial charge in [0.2, 0.25) is 0 Å². The molecule has 4 aromatic rings. The lowest BCUT2D eigenvalue weighted by molar-refractivity contribution is 0.0303. The SMILES string of the molecule is COc1ccc(Oc2cnn(-c3ccccc3)c(=O)c2Nc2cccc(C(=O)N3CCOCC3)c2)cc1. The molecule has 2 heterocycles. The van der Waals surface area contributed by atoms with Crippen molar-refractivity contribution in [2.45, 2.75) is 0 Å². The largest absolute Gasteiger partial charge is 0.497 e. The zero-order chi connectivity index (χ0) is 25.6. The lowest BCUT2D eigenvalue weighted by Crippen LogP contribution is -2.40. The molecule has 1 aliphatic heterocycles. The Kier molecular flexibility index (Phi) is 7.14. The molecular formula is C28H26N4O5. The van der Waals surface area contributed by atoms with Gasteiger partial charge in [-0.25, -0.2) is 0 Å². The summed E-state index contributed by atoms with van der Waals surface area (Å²) >= 11 is 0. The van der Waals surface area contributed by atoms with E-state index in [0.717, 1.165) is 0 Å². The zero-order valence-electron chi connectivity index (χ0n) is 20.3. The van der Waals surface area contributed by atoms with E-state index in [2.05, 4.69) is 10.4 Å². The van der Waals surface area contributed by atoms with Crippen molar-refractivity contribution in [3.63, 3.8) is 0 Å². The second kappa shape index (κ2) is 11.0. The standard InChI is InChI=1S/C28H26N4O5/c1-35-23-10-12-24(13-11-23)37-25-19-29-32(22-8-3-2-4-9-22)28(34)26(25)30-21-7-5-6-20(18-21)27(33)31-14-16-36-17-15-31/h2-13,18-19,30H,14-17H2,1H3. The van der Waals surface area contributed by atoms with Crippen LogP contribution in [0.25, 0.3) is 5.69 Å². The van der Waals surface area contributed by atoms with Gasteiger partial charge in [0.1, 0.15) is 11.5 Å². The average molecular weight is 499 g/mol. The van der Waals surface area contributed by atoms with Crippen LogP contribution >= 0.6 is 0 Å². The smallest absolute Gasteiger partial charge is 0.299 e. The van der Waals surface area contributed by atoms with E-state index in [-0.39, 0.29) is 17.3 Å². The molecule has 0 saturated carbocycles. The molecule has 1 aliphatic rings. The van der Waals surface area contributed by atoms with Crippen LogP contribution in [-0.4, -0.2) is 54.0 Å². The fraction of sp³-hybridized carbons (Fsp3) is 0.179. The maximum Gasteiger partial charge on any atom is 0.299 e. The van der Waals surface area contributed by atoms with E-state index in [9.17, 15) is 9.59 Å². The van der Waals surface area contributed by atoms with Crippen molar-refractivity contribution in [2.75, 3.05) is 38.7 Å². The Morgan fingerprint density at radius 1 is 0.946 bits per heavy atom. The number of aromatic nitrogens is 2. The van der Waals surface area contributed by atoms with Crippen molar-refractivity contribution in [2.24, 2.45) is 0 Å². The van der Waals surface area contributed by atoms with Crippen LogP contribution in [0.4, 0.5) is 11.4 Å². The van der Waals surface area contributed by atoms with Crippen LogP contribution in [-0.2, 0) is 4.74 Å². The number of morpholine rings is 1. The highest BCUT2D eigenvalue weighted by molar-refractivity contribution is 5.95. The van der Waals surface area contributed by atoms with E-state index in [1.165, 1.54) is 10.9 Å². The molecule has 0 radical (unpaired) electrons. The monoisotopic (exact) mass is 498 g/mol. The van der Waals surface area contributed by atoms with Gasteiger partial charge < -0.3 is 24.4 Å². The summed E-state index contributed by atoms with van der Waals surface area (Å²) in [7, 11) is 1.59. The number of rotatable bonds is 7. The minimum Gasteiger partial charge on any atom is -0.497 e. The van der Waals surface area contributed by atoms with Crippen molar-refractivity contribution in [3.8, 4) is 22.9 Å². The maximum absolute atomic E-state index is 13.6. The van der Waals surface area contributed by atoms with E-state index in [4.69, 9.17) is 14.2 Å². The van der Waals surface area contributed by atoms with Crippen LogP contribution < -0.4 is 20.3 Å². The maximum atomic E-state index is 13.6. The molecular weight excluding hydrogens is 472 g/mol. The molecule has 0 bridgehead atoms. The summed E-state index contributed by atoms with van der Waals surface area (Å²) in [6, 6.07) is 23.2. The van der Waals surface area contributed by atoms with Gasteiger partial charge >= 0.3 is 0 Å². The lowest BCUT2D eigenvalue weighted by atomic mass is 10.1. The molecule has 0 atom stereocenters. The van der Waals surface area contributed by atoms with Crippen LogP contribution in [0.1, 0.15) is 10.4 Å². The summed E-state index contributed by atoms with van der Waals surface area (Å²) in [5, 5.41) is 7.50. The molecule has 0 spiro atoms. The Morgan fingerprint density at radius 2 is 1.68 bits per heavy atom. The molecule has 1 saturated heterocycles. The van der Waals surface area contributed by atoms with Gasteiger partial charge in [0.25, 0.3) is 11.5 Å². The van der Waals surface area contributed by atoms with Crippen molar-refractivity contribution >= 4 is 17.3 Å². The molecule has 1 N–H and O–H groups in total.